The molecule has 0 aliphatic heterocycles. The van der Waals surface area contributed by atoms with Crippen molar-refractivity contribution in [3.05, 3.63) is 0 Å². The summed E-state index contributed by atoms with van der Waals surface area (Å²) >= 11 is 0. The summed E-state index contributed by atoms with van der Waals surface area (Å²) in [5.41, 5.74) is 6.22. The van der Waals surface area contributed by atoms with Crippen LogP contribution in [0.4, 0.5) is 0 Å². The van der Waals surface area contributed by atoms with Crippen LogP contribution in [0.3, 0.4) is 0 Å². The maximum absolute atomic E-state index is 6.24. The van der Waals surface area contributed by atoms with Gasteiger partial charge in [0.05, 0.1) is 0 Å². The van der Waals surface area contributed by atoms with E-state index in [2.05, 4.69) is 39.5 Å². The average molecular weight is 200 g/mol. The summed E-state index contributed by atoms with van der Waals surface area (Å²) in [5.74, 6) is 0.729. The largest absolute Gasteiger partial charge is 0.324 e. The van der Waals surface area contributed by atoms with Gasteiger partial charge in [-0.05, 0) is 25.8 Å². The number of likely N-dealkylation sites (N-methyl/N-ethyl adjacent to an activating group) is 1. The molecule has 0 fully saturated rings. The van der Waals surface area contributed by atoms with E-state index in [-0.39, 0.29) is 5.54 Å². The zero-order chi connectivity index (χ0) is 11.2. The Balaban J connectivity index is 4.02. The van der Waals surface area contributed by atoms with Crippen LogP contribution in [-0.4, -0.2) is 30.1 Å². The normalized spacial score (nSPS) is 16.3. The highest BCUT2D eigenvalue weighted by Gasteiger charge is 2.20. The molecular weight excluding hydrogens is 172 g/mol. The summed E-state index contributed by atoms with van der Waals surface area (Å²) in [7, 11) is 0. The first-order chi connectivity index (χ1) is 6.41. The molecule has 0 aromatic carbocycles. The van der Waals surface area contributed by atoms with E-state index >= 15 is 0 Å². The van der Waals surface area contributed by atoms with Gasteiger partial charge in [0.1, 0.15) is 0 Å². The maximum Gasteiger partial charge on any atom is 0.0254 e. The van der Waals surface area contributed by atoms with Crippen LogP contribution in [0.1, 0.15) is 47.5 Å². The van der Waals surface area contributed by atoms with E-state index in [4.69, 9.17) is 5.73 Å². The van der Waals surface area contributed by atoms with Gasteiger partial charge in [-0.2, -0.15) is 0 Å². The minimum absolute atomic E-state index is 0.0142. The lowest BCUT2D eigenvalue weighted by atomic mass is 9.96. The Hall–Kier alpha value is -0.0800. The highest BCUT2D eigenvalue weighted by atomic mass is 15.1. The molecule has 0 spiro atoms. The van der Waals surface area contributed by atoms with Crippen LogP contribution in [0.5, 0.6) is 0 Å². The Morgan fingerprint density at radius 3 is 2.21 bits per heavy atom. The lowest BCUT2D eigenvalue weighted by Crippen LogP contribution is -2.48. The van der Waals surface area contributed by atoms with E-state index in [0.29, 0.717) is 0 Å². The summed E-state index contributed by atoms with van der Waals surface area (Å²) in [6.45, 7) is 14.4. The lowest BCUT2D eigenvalue weighted by molar-refractivity contribution is 0.198. The number of nitrogens with zero attached hydrogens (tertiary/aromatic N) is 1. The summed E-state index contributed by atoms with van der Waals surface area (Å²) in [6.07, 6.45) is 2.29. The highest BCUT2D eigenvalue weighted by molar-refractivity contribution is 4.82. The Morgan fingerprint density at radius 2 is 1.86 bits per heavy atom. The molecule has 1 unspecified atom stereocenters. The fraction of sp³-hybridized carbons (Fsp3) is 1.00. The number of nitrogens with two attached hydrogens (primary N) is 1. The molecule has 86 valence electrons. The molecule has 2 nitrogen and oxygen atoms in total. The van der Waals surface area contributed by atoms with Crippen LogP contribution in [-0.2, 0) is 0 Å². The van der Waals surface area contributed by atoms with Gasteiger partial charge in [-0.25, -0.2) is 0 Å². The fourth-order valence-corrected chi connectivity index (χ4v) is 1.98. The number of rotatable bonds is 7. The third-order valence-corrected chi connectivity index (χ3v) is 2.48. The lowest BCUT2D eigenvalue weighted by Gasteiger charge is -2.32. The van der Waals surface area contributed by atoms with Crippen LogP contribution >= 0.6 is 0 Å². The average Bonchev–Trinajstić information content (AvgIpc) is 2.01. The zero-order valence-corrected chi connectivity index (χ0v) is 10.6. The van der Waals surface area contributed by atoms with Crippen molar-refractivity contribution < 1.29 is 0 Å². The standard InChI is InChI=1S/C12H28N2/c1-6-8-12(5,13)10-14(7-2)9-11(3)4/h11H,6-10,13H2,1-5H3. The van der Waals surface area contributed by atoms with Crippen molar-refractivity contribution in [2.75, 3.05) is 19.6 Å². The van der Waals surface area contributed by atoms with Crippen molar-refractivity contribution >= 4 is 0 Å². The van der Waals surface area contributed by atoms with E-state index < -0.39 is 0 Å². The van der Waals surface area contributed by atoms with E-state index in [1.54, 1.807) is 0 Å². The minimum Gasteiger partial charge on any atom is -0.324 e. The molecule has 0 aromatic rings. The quantitative estimate of drug-likeness (QED) is 0.684. The predicted molar refractivity (Wildman–Crippen MR) is 64.5 cm³/mol. The molecule has 14 heavy (non-hydrogen) atoms. The van der Waals surface area contributed by atoms with Gasteiger partial charge in [0.15, 0.2) is 0 Å². The maximum atomic E-state index is 6.24. The van der Waals surface area contributed by atoms with Crippen molar-refractivity contribution in [2.45, 2.75) is 53.0 Å². The molecule has 1 atom stereocenters. The van der Waals surface area contributed by atoms with E-state index in [0.717, 1.165) is 32.0 Å². The van der Waals surface area contributed by atoms with Gasteiger partial charge < -0.3 is 10.6 Å². The van der Waals surface area contributed by atoms with Gasteiger partial charge in [-0.3, -0.25) is 0 Å². The second-order valence-corrected chi connectivity index (χ2v) is 5.13. The van der Waals surface area contributed by atoms with E-state index in [1.807, 2.05) is 0 Å². The Kier molecular flexibility index (Phi) is 6.38. The SMILES string of the molecule is CCCC(C)(N)CN(CC)CC(C)C. The van der Waals surface area contributed by atoms with Crippen molar-refractivity contribution in [3.8, 4) is 0 Å². The topological polar surface area (TPSA) is 29.3 Å². The first-order valence-electron chi connectivity index (χ1n) is 5.92. The molecule has 0 radical (unpaired) electrons. The van der Waals surface area contributed by atoms with Gasteiger partial charge in [0.2, 0.25) is 0 Å². The van der Waals surface area contributed by atoms with Crippen molar-refractivity contribution in [1.82, 2.24) is 4.90 Å². The molecule has 0 heterocycles. The summed E-state index contributed by atoms with van der Waals surface area (Å²) in [6, 6.07) is 0. The molecule has 2 heteroatoms. The van der Waals surface area contributed by atoms with E-state index in [9.17, 15) is 0 Å². The Bertz CT molecular complexity index is 141. The monoisotopic (exact) mass is 200 g/mol. The molecule has 0 saturated carbocycles. The van der Waals surface area contributed by atoms with Crippen LogP contribution in [0.15, 0.2) is 0 Å². The minimum atomic E-state index is -0.0142. The fourth-order valence-electron chi connectivity index (χ4n) is 1.98. The summed E-state index contributed by atoms with van der Waals surface area (Å²) in [5, 5.41) is 0. The Labute approximate surface area is 89.9 Å². The zero-order valence-electron chi connectivity index (χ0n) is 10.6. The van der Waals surface area contributed by atoms with E-state index in [1.165, 1.54) is 6.42 Å². The first kappa shape index (κ1) is 13.9. The van der Waals surface area contributed by atoms with Crippen molar-refractivity contribution in [1.29, 1.82) is 0 Å². The molecule has 0 amide bonds. The molecule has 0 aromatic heterocycles. The molecule has 0 bridgehead atoms. The van der Waals surface area contributed by atoms with Crippen molar-refractivity contribution in [2.24, 2.45) is 11.7 Å². The van der Waals surface area contributed by atoms with Gasteiger partial charge in [0, 0.05) is 18.6 Å². The van der Waals surface area contributed by atoms with Gasteiger partial charge >= 0.3 is 0 Å². The summed E-state index contributed by atoms with van der Waals surface area (Å²) < 4.78 is 0. The van der Waals surface area contributed by atoms with Crippen LogP contribution in [0.25, 0.3) is 0 Å². The molecular formula is C12H28N2. The third-order valence-electron chi connectivity index (χ3n) is 2.48. The van der Waals surface area contributed by atoms with Crippen LogP contribution in [0, 0.1) is 5.92 Å². The smallest absolute Gasteiger partial charge is 0.0254 e. The first-order valence-corrected chi connectivity index (χ1v) is 5.92. The second kappa shape index (κ2) is 6.41. The highest BCUT2D eigenvalue weighted by Crippen LogP contribution is 2.11. The summed E-state index contributed by atoms with van der Waals surface area (Å²) in [4.78, 5) is 2.46. The Morgan fingerprint density at radius 1 is 1.29 bits per heavy atom. The second-order valence-electron chi connectivity index (χ2n) is 5.13. The number of hydrogen-bond donors (Lipinski definition) is 1. The molecule has 0 saturated heterocycles. The van der Waals surface area contributed by atoms with Crippen molar-refractivity contribution in [3.63, 3.8) is 0 Å². The predicted octanol–water partition coefficient (Wildman–Crippen LogP) is 2.48. The van der Waals surface area contributed by atoms with Gasteiger partial charge in [-0.15, -0.1) is 0 Å². The molecule has 0 aliphatic rings. The third kappa shape index (κ3) is 6.39. The molecule has 2 N–H and O–H groups in total. The van der Waals surface area contributed by atoms with Crippen LogP contribution in [0.2, 0.25) is 0 Å². The van der Waals surface area contributed by atoms with Crippen LogP contribution < -0.4 is 5.73 Å². The van der Waals surface area contributed by atoms with Gasteiger partial charge in [-0.1, -0.05) is 34.1 Å². The molecule has 0 aliphatic carbocycles. The molecule has 0 rings (SSSR count). The number of hydrogen-bond acceptors (Lipinski definition) is 2. The van der Waals surface area contributed by atoms with Gasteiger partial charge in [0.25, 0.3) is 0 Å².